The summed E-state index contributed by atoms with van der Waals surface area (Å²) in [5, 5.41) is 2.68. The molecule has 0 atom stereocenters. The van der Waals surface area contributed by atoms with E-state index in [1.54, 1.807) is 0 Å². The molecule has 0 amide bonds. The van der Waals surface area contributed by atoms with E-state index in [1.165, 1.54) is 20.0 Å². The predicted octanol–water partition coefficient (Wildman–Crippen LogP) is 3.12. The van der Waals surface area contributed by atoms with Crippen LogP contribution in [0.2, 0.25) is 0 Å². The van der Waals surface area contributed by atoms with Gasteiger partial charge in [0, 0.05) is 11.9 Å². The van der Waals surface area contributed by atoms with Crippen molar-refractivity contribution in [1.82, 2.24) is 4.98 Å². The number of alkyl halides is 6. The number of rotatable bonds is 2. The Morgan fingerprint density at radius 3 is 1.86 bits per heavy atom. The maximum absolute atomic E-state index is 12.5. The lowest BCUT2D eigenvalue weighted by atomic mass is 9.95. The van der Waals surface area contributed by atoms with Crippen molar-refractivity contribution >= 4 is 24.8 Å². The summed E-state index contributed by atoms with van der Waals surface area (Å²) >= 11 is 0. The van der Waals surface area contributed by atoms with Gasteiger partial charge in [0.15, 0.2) is 0 Å². The number of nitrogens with one attached hydrogen (secondary N) is 1. The first-order chi connectivity index (χ1) is 10.1. The molecule has 9 heteroatoms. The van der Waals surface area contributed by atoms with Crippen LogP contribution >= 0.6 is 0 Å². The van der Waals surface area contributed by atoms with E-state index in [1.807, 2.05) is 0 Å². The van der Waals surface area contributed by atoms with E-state index in [-0.39, 0.29) is 11.3 Å². The maximum Gasteiger partial charge on any atom is 0.417 e. The summed E-state index contributed by atoms with van der Waals surface area (Å²) in [5.74, 6) is 0.146. The van der Waals surface area contributed by atoms with Crippen molar-refractivity contribution in [3.05, 3.63) is 47.7 Å². The molecule has 0 aliphatic rings. The quantitative estimate of drug-likeness (QED) is 0.680. The average Bonchev–Trinajstić information content (AvgIpc) is 2.39. The van der Waals surface area contributed by atoms with Gasteiger partial charge in [-0.3, -0.25) is 0 Å². The molecule has 1 N–H and O–H groups in total. The third kappa shape index (κ3) is 3.72. The Labute approximate surface area is 122 Å². The Balaban J connectivity index is 2.21. The van der Waals surface area contributed by atoms with E-state index in [4.69, 9.17) is 0 Å². The van der Waals surface area contributed by atoms with Crippen LogP contribution < -0.4 is 10.8 Å². The van der Waals surface area contributed by atoms with Crippen LogP contribution in [0.25, 0.3) is 0 Å². The molecule has 22 heavy (non-hydrogen) atoms. The first kappa shape index (κ1) is 16.2. The van der Waals surface area contributed by atoms with Gasteiger partial charge in [-0.05, 0) is 29.7 Å². The smallest absolute Gasteiger partial charge is 0.341 e. The number of anilines is 2. The highest BCUT2D eigenvalue weighted by Crippen LogP contribution is 2.31. The zero-order valence-corrected chi connectivity index (χ0v) is 11.2. The fourth-order valence-electron chi connectivity index (χ4n) is 1.74. The van der Waals surface area contributed by atoms with Gasteiger partial charge >= 0.3 is 12.4 Å². The molecule has 2 aromatic rings. The Hall–Kier alpha value is -2.19. The Bertz CT molecular complexity index is 664. The normalized spacial score (nSPS) is 12.3. The minimum absolute atomic E-state index is 0.146. The first-order valence-corrected chi connectivity index (χ1v) is 6.05. The molecular weight excluding hydrogens is 309 g/mol. The Morgan fingerprint density at radius 2 is 1.41 bits per heavy atom. The Kier molecular flexibility index (Phi) is 4.08. The summed E-state index contributed by atoms with van der Waals surface area (Å²) in [6.45, 7) is 0. The lowest BCUT2D eigenvalue weighted by Crippen LogP contribution is -2.16. The van der Waals surface area contributed by atoms with E-state index < -0.39 is 23.5 Å². The second-order valence-electron chi connectivity index (χ2n) is 4.59. The summed E-state index contributed by atoms with van der Waals surface area (Å²) in [6, 6.07) is 5.03. The molecule has 2 nitrogen and oxygen atoms in total. The number of hydrogen-bond acceptors (Lipinski definition) is 2. The first-order valence-electron chi connectivity index (χ1n) is 6.05. The molecule has 0 radical (unpaired) electrons. The maximum atomic E-state index is 12.5. The van der Waals surface area contributed by atoms with Crippen LogP contribution in [0, 0.1) is 0 Å². The third-order valence-corrected chi connectivity index (χ3v) is 2.88. The molecular formula is C13H9BF6N2. The van der Waals surface area contributed by atoms with Crippen molar-refractivity contribution in [2.24, 2.45) is 0 Å². The summed E-state index contributed by atoms with van der Waals surface area (Å²) in [6.07, 6.45) is -8.27. The summed E-state index contributed by atoms with van der Waals surface area (Å²) in [4.78, 5) is 3.66. The van der Waals surface area contributed by atoms with E-state index >= 15 is 0 Å². The van der Waals surface area contributed by atoms with Gasteiger partial charge in [-0.2, -0.15) is 26.3 Å². The summed E-state index contributed by atoms with van der Waals surface area (Å²) in [5.41, 5.74) is -1.17. The van der Waals surface area contributed by atoms with Crippen LogP contribution in [0.1, 0.15) is 11.1 Å². The van der Waals surface area contributed by atoms with Crippen LogP contribution in [0.3, 0.4) is 0 Å². The van der Waals surface area contributed by atoms with Gasteiger partial charge in [0.1, 0.15) is 13.7 Å². The molecule has 0 spiro atoms. The fourth-order valence-corrected chi connectivity index (χ4v) is 1.74. The molecule has 116 valence electrons. The van der Waals surface area contributed by atoms with Crippen LogP contribution in [-0.2, 0) is 12.4 Å². The second kappa shape index (κ2) is 5.55. The molecule has 0 aliphatic carbocycles. The molecule has 2 rings (SSSR count). The number of aromatic nitrogens is 1. The average molecular weight is 318 g/mol. The number of pyridine rings is 1. The lowest BCUT2D eigenvalue weighted by molar-refractivity contribution is -0.138. The van der Waals surface area contributed by atoms with Crippen LogP contribution in [-0.4, -0.2) is 12.8 Å². The SMILES string of the molecule is Bc1cc(C(F)(F)F)cnc1Nc1ccc(C(F)(F)F)cc1. The van der Waals surface area contributed by atoms with E-state index in [0.29, 0.717) is 11.9 Å². The number of hydrogen-bond donors (Lipinski definition) is 1. The molecule has 0 fully saturated rings. The molecule has 0 aliphatic heterocycles. The molecule has 0 saturated heterocycles. The van der Waals surface area contributed by atoms with Gasteiger partial charge in [0.25, 0.3) is 0 Å². The number of halogens is 6. The Morgan fingerprint density at radius 1 is 0.864 bits per heavy atom. The molecule has 1 aromatic heterocycles. The van der Waals surface area contributed by atoms with Crippen molar-refractivity contribution in [3.8, 4) is 0 Å². The topological polar surface area (TPSA) is 24.9 Å². The molecule has 0 unspecified atom stereocenters. The van der Waals surface area contributed by atoms with Crippen molar-refractivity contribution < 1.29 is 26.3 Å². The van der Waals surface area contributed by atoms with Crippen molar-refractivity contribution in [2.75, 3.05) is 5.32 Å². The predicted molar refractivity (Wildman–Crippen MR) is 72.1 cm³/mol. The van der Waals surface area contributed by atoms with Gasteiger partial charge < -0.3 is 5.32 Å². The van der Waals surface area contributed by atoms with Crippen molar-refractivity contribution in [3.63, 3.8) is 0 Å². The van der Waals surface area contributed by atoms with Gasteiger partial charge in [-0.25, -0.2) is 4.98 Å². The van der Waals surface area contributed by atoms with Crippen LogP contribution in [0.4, 0.5) is 37.8 Å². The lowest BCUT2D eigenvalue weighted by Gasteiger charge is -2.13. The van der Waals surface area contributed by atoms with Crippen molar-refractivity contribution in [2.45, 2.75) is 12.4 Å². The van der Waals surface area contributed by atoms with Crippen LogP contribution in [0.15, 0.2) is 36.5 Å². The van der Waals surface area contributed by atoms with Gasteiger partial charge in [-0.1, -0.05) is 6.07 Å². The molecule has 1 aromatic carbocycles. The highest BCUT2D eigenvalue weighted by atomic mass is 19.4. The van der Waals surface area contributed by atoms with Gasteiger partial charge in [0.05, 0.1) is 11.1 Å². The number of benzene rings is 1. The minimum Gasteiger partial charge on any atom is -0.341 e. The fraction of sp³-hybridized carbons (Fsp3) is 0.154. The zero-order valence-electron chi connectivity index (χ0n) is 11.2. The highest BCUT2D eigenvalue weighted by Gasteiger charge is 2.31. The van der Waals surface area contributed by atoms with Gasteiger partial charge in [0.2, 0.25) is 0 Å². The van der Waals surface area contributed by atoms with E-state index in [9.17, 15) is 26.3 Å². The standard InChI is InChI=1S/C13H9BF6N2/c14-10-5-8(13(18,19)20)6-21-11(10)22-9-3-1-7(2-4-9)12(15,16)17/h1-6H,14H2,(H,21,22). The summed E-state index contributed by atoms with van der Waals surface area (Å²) < 4.78 is 74.8. The largest absolute Gasteiger partial charge is 0.417 e. The van der Waals surface area contributed by atoms with Crippen LogP contribution in [0.5, 0.6) is 0 Å². The van der Waals surface area contributed by atoms with Crippen molar-refractivity contribution in [1.29, 1.82) is 0 Å². The van der Waals surface area contributed by atoms with E-state index in [2.05, 4.69) is 10.3 Å². The molecule has 0 bridgehead atoms. The highest BCUT2D eigenvalue weighted by molar-refractivity contribution is 6.35. The second-order valence-corrected chi connectivity index (χ2v) is 4.59. The van der Waals surface area contributed by atoms with Gasteiger partial charge in [-0.15, -0.1) is 0 Å². The summed E-state index contributed by atoms with van der Waals surface area (Å²) in [7, 11) is 1.43. The monoisotopic (exact) mass is 318 g/mol. The minimum atomic E-state index is -4.50. The third-order valence-electron chi connectivity index (χ3n) is 2.88. The molecule has 0 saturated carbocycles. The number of nitrogens with zero attached hydrogens (tertiary/aromatic N) is 1. The molecule has 1 heterocycles. The van der Waals surface area contributed by atoms with E-state index in [0.717, 1.165) is 18.2 Å². The zero-order chi connectivity index (χ0) is 16.5.